The van der Waals surface area contributed by atoms with Crippen LogP contribution >= 0.6 is 0 Å². The van der Waals surface area contributed by atoms with Crippen LogP contribution in [0.4, 0.5) is 4.79 Å². The third kappa shape index (κ3) is 22.3. The summed E-state index contributed by atoms with van der Waals surface area (Å²) in [6.45, 7) is 7.73. The Hall–Kier alpha value is -1.38. The molecular formula is C11H26N4O4. The van der Waals surface area contributed by atoms with E-state index in [0.29, 0.717) is 12.3 Å². The van der Waals surface area contributed by atoms with Crippen LogP contribution in [0.15, 0.2) is 0 Å². The third-order valence-electron chi connectivity index (χ3n) is 1.89. The minimum absolute atomic E-state index is 0.357. The number of nitrogens with one attached hydrogen (secondary N) is 1. The molecule has 1 unspecified atom stereocenters. The van der Waals surface area contributed by atoms with Crippen molar-refractivity contribution in [3.05, 3.63) is 0 Å². The van der Waals surface area contributed by atoms with Gasteiger partial charge >= 0.3 is 12.0 Å². The number of rotatable bonds is 3. The van der Waals surface area contributed by atoms with Crippen molar-refractivity contribution in [3.8, 4) is 0 Å². The molecule has 0 aliphatic carbocycles. The van der Waals surface area contributed by atoms with E-state index in [1.165, 1.54) is 0 Å². The van der Waals surface area contributed by atoms with Crippen LogP contribution in [0.2, 0.25) is 0 Å². The quantitative estimate of drug-likeness (QED) is 0.449. The predicted molar refractivity (Wildman–Crippen MR) is 72.5 cm³/mol. The first-order chi connectivity index (χ1) is 8.77. The zero-order valence-electron chi connectivity index (χ0n) is 11.6. The second kappa shape index (κ2) is 13.1. The molecule has 8 heteroatoms. The summed E-state index contributed by atoms with van der Waals surface area (Å²) in [4.78, 5) is 19.1. The van der Waals surface area contributed by atoms with Crippen LogP contribution in [0.1, 0.15) is 20.3 Å². The fraction of sp³-hybridized carbons (Fsp3) is 0.818. The van der Waals surface area contributed by atoms with Gasteiger partial charge in [0.1, 0.15) is 6.04 Å². The zero-order valence-corrected chi connectivity index (χ0v) is 11.6. The number of primary amides is 2. The van der Waals surface area contributed by atoms with E-state index in [1.807, 2.05) is 13.8 Å². The summed E-state index contributed by atoms with van der Waals surface area (Å²) >= 11 is 0. The summed E-state index contributed by atoms with van der Waals surface area (Å²) in [6.07, 6.45) is 0.551. The molecule has 0 radical (unpaired) electrons. The Morgan fingerprint density at radius 2 is 1.68 bits per heavy atom. The number of carboxylic acid groups (broad SMARTS) is 1. The zero-order chi connectivity index (χ0) is 15.3. The molecule has 0 aromatic rings. The van der Waals surface area contributed by atoms with Crippen LogP contribution in [0, 0.1) is 5.92 Å². The number of amides is 2. The average Bonchev–Trinajstić information content (AvgIpc) is 2.30. The number of carboxylic acids is 1. The molecule has 0 aromatic carbocycles. The lowest BCUT2D eigenvalue weighted by Crippen LogP contribution is -2.31. The van der Waals surface area contributed by atoms with Crippen LogP contribution in [0.25, 0.3) is 0 Å². The van der Waals surface area contributed by atoms with Crippen molar-refractivity contribution in [2.75, 3.05) is 26.3 Å². The molecule has 19 heavy (non-hydrogen) atoms. The van der Waals surface area contributed by atoms with E-state index >= 15 is 0 Å². The number of carbonyl (C=O) groups is 2. The number of ether oxygens (including phenoxy) is 1. The van der Waals surface area contributed by atoms with Gasteiger partial charge in [-0.05, 0) is 12.3 Å². The van der Waals surface area contributed by atoms with E-state index in [4.69, 9.17) is 20.4 Å². The fourth-order valence-electron chi connectivity index (χ4n) is 1.12. The standard InChI is InChI=1S/C6H13NO2.C4H9NO.CH4N2O/c1-4(2)3-5(7)6(8)9;1-3-6-4-2-5-1;2-1(3)4/h4-5H,3,7H2,1-2H3,(H,8,9);5H,1-4H2;(H4,2,3,4). The third-order valence-corrected chi connectivity index (χ3v) is 1.89. The first kappa shape index (κ1) is 19.9. The van der Waals surface area contributed by atoms with Crippen LogP contribution < -0.4 is 22.5 Å². The van der Waals surface area contributed by atoms with Gasteiger partial charge in [-0.2, -0.15) is 0 Å². The van der Waals surface area contributed by atoms with E-state index in [-0.39, 0.29) is 0 Å². The summed E-state index contributed by atoms with van der Waals surface area (Å²) in [6, 6.07) is -1.52. The van der Waals surface area contributed by atoms with E-state index in [9.17, 15) is 4.79 Å². The van der Waals surface area contributed by atoms with Crippen molar-refractivity contribution in [3.63, 3.8) is 0 Å². The van der Waals surface area contributed by atoms with Crippen molar-refractivity contribution in [1.29, 1.82) is 0 Å². The van der Waals surface area contributed by atoms with Crippen LogP contribution in [-0.4, -0.2) is 49.5 Å². The first-order valence-electron chi connectivity index (χ1n) is 6.09. The highest BCUT2D eigenvalue weighted by molar-refractivity contribution is 5.72. The van der Waals surface area contributed by atoms with E-state index in [1.54, 1.807) is 0 Å². The SMILES string of the molecule is C1COCCN1.CC(C)CC(N)C(=O)O.NC(N)=O. The van der Waals surface area contributed by atoms with Gasteiger partial charge in [-0.1, -0.05) is 13.8 Å². The number of aliphatic carboxylic acids is 1. The topological polar surface area (TPSA) is 154 Å². The minimum atomic E-state index is -0.913. The molecule has 8 nitrogen and oxygen atoms in total. The monoisotopic (exact) mass is 278 g/mol. The Labute approximate surface area is 113 Å². The van der Waals surface area contributed by atoms with Gasteiger partial charge in [-0.15, -0.1) is 0 Å². The van der Waals surface area contributed by atoms with E-state index in [2.05, 4.69) is 16.8 Å². The predicted octanol–water partition coefficient (Wildman–Crippen LogP) is -0.926. The van der Waals surface area contributed by atoms with E-state index < -0.39 is 18.0 Å². The lowest BCUT2D eigenvalue weighted by atomic mass is 10.1. The second-order valence-electron chi connectivity index (χ2n) is 4.34. The van der Waals surface area contributed by atoms with Gasteiger partial charge in [0.05, 0.1) is 13.2 Å². The second-order valence-corrected chi connectivity index (χ2v) is 4.34. The highest BCUT2D eigenvalue weighted by Crippen LogP contribution is 2.01. The Morgan fingerprint density at radius 3 is 1.79 bits per heavy atom. The lowest BCUT2D eigenvalue weighted by molar-refractivity contribution is -0.138. The fourth-order valence-corrected chi connectivity index (χ4v) is 1.12. The molecular weight excluding hydrogens is 252 g/mol. The number of morpholine rings is 1. The number of nitrogens with two attached hydrogens (primary N) is 3. The van der Waals surface area contributed by atoms with Crippen molar-refractivity contribution in [1.82, 2.24) is 5.32 Å². The number of urea groups is 1. The number of hydrogen-bond acceptors (Lipinski definition) is 5. The summed E-state index contributed by atoms with van der Waals surface area (Å²) in [5, 5.41) is 11.5. The Kier molecular flexibility index (Phi) is 13.7. The van der Waals surface area contributed by atoms with Gasteiger partial charge in [0, 0.05) is 13.1 Å². The molecule has 1 fully saturated rings. The maximum atomic E-state index is 10.1. The molecule has 1 rings (SSSR count). The van der Waals surface area contributed by atoms with Gasteiger partial charge in [-0.3, -0.25) is 4.79 Å². The van der Waals surface area contributed by atoms with Crippen molar-refractivity contribution in [2.45, 2.75) is 26.3 Å². The molecule has 0 aromatic heterocycles. The Bertz CT molecular complexity index is 229. The van der Waals surface area contributed by atoms with Gasteiger partial charge < -0.3 is 32.4 Å². The highest BCUT2D eigenvalue weighted by Gasteiger charge is 2.11. The molecule has 8 N–H and O–H groups in total. The largest absolute Gasteiger partial charge is 0.480 e. The van der Waals surface area contributed by atoms with Gasteiger partial charge in [-0.25, -0.2) is 4.79 Å². The molecule has 1 aliphatic heterocycles. The van der Waals surface area contributed by atoms with E-state index in [0.717, 1.165) is 26.3 Å². The minimum Gasteiger partial charge on any atom is -0.480 e. The number of carbonyl (C=O) groups excluding carboxylic acids is 1. The van der Waals surface area contributed by atoms with Crippen molar-refractivity contribution >= 4 is 12.0 Å². The summed E-state index contributed by atoms with van der Waals surface area (Å²) in [5.41, 5.74) is 13.7. The van der Waals surface area contributed by atoms with Crippen molar-refractivity contribution in [2.24, 2.45) is 23.1 Å². The Morgan fingerprint density at radius 1 is 1.26 bits per heavy atom. The lowest BCUT2D eigenvalue weighted by Gasteiger charge is -2.10. The molecule has 2 amide bonds. The smallest absolute Gasteiger partial charge is 0.320 e. The maximum Gasteiger partial charge on any atom is 0.320 e. The van der Waals surface area contributed by atoms with Gasteiger partial charge in [0.2, 0.25) is 0 Å². The summed E-state index contributed by atoms with van der Waals surface area (Å²) in [5.74, 6) is -0.556. The maximum absolute atomic E-state index is 10.1. The average molecular weight is 278 g/mol. The highest BCUT2D eigenvalue weighted by atomic mass is 16.5. The molecule has 0 spiro atoms. The number of hydrogen-bond donors (Lipinski definition) is 5. The molecule has 0 bridgehead atoms. The normalized spacial score (nSPS) is 15.4. The first-order valence-corrected chi connectivity index (χ1v) is 6.09. The van der Waals surface area contributed by atoms with Gasteiger partial charge in [0.25, 0.3) is 0 Å². The molecule has 1 atom stereocenters. The molecule has 1 saturated heterocycles. The van der Waals surface area contributed by atoms with Gasteiger partial charge in [0.15, 0.2) is 0 Å². The molecule has 1 aliphatic rings. The molecule has 1 heterocycles. The summed E-state index contributed by atoms with van der Waals surface area (Å²) in [7, 11) is 0. The molecule has 0 saturated carbocycles. The van der Waals surface area contributed by atoms with Crippen molar-refractivity contribution < 1.29 is 19.4 Å². The molecule has 114 valence electrons. The Balaban J connectivity index is 0. The van der Waals surface area contributed by atoms with Crippen LogP contribution in [0.3, 0.4) is 0 Å². The summed E-state index contributed by atoms with van der Waals surface area (Å²) < 4.78 is 5.01. The van der Waals surface area contributed by atoms with Crippen LogP contribution in [-0.2, 0) is 9.53 Å². The van der Waals surface area contributed by atoms with Crippen LogP contribution in [0.5, 0.6) is 0 Å².